The Morgan fingerprint density at radius 2 is 0.711 bits per heavy atom. The van der Waals surface area contributed by atoms with Crippen LogP contribution in [0.2, 0.25) is 0 Å². The van der Waals surface area contributed by atoms with E-state index in [1.807, 2.05) is 27.2 Å². The normalized spacial score (nSPS) is 13.9. The fraction of sp³-hybridized carbons (Fsp3) is 0.878. The van der Waals surface area contributed by atoms with Crippen LogP contribution in [0.5, 0.6) is 0 Å². The van der Waals surface area contributed by atoms with E-state index in [0.29, 0.717) is 17.4 Å². The number of hydrogen-bond donors (Lipinski definition) is 2. The topological polar surface area (TPSA) is 108 Å². The van der Waals surface area contributed by atoms with Gasteiger partial charge in [0.15, 0.2) is 0 Å². The smallest absolute Gasteiger partial charge is 0.268 e. The Morgan fingerprint density at radius 1 is 0.422 bits per heavy atom. The maximum atomic E-state index is 13.0. The molecule has 490 valence electrons. The molecule has 0 aromatic carbocycles. The van der Waals surface area contributed by atoms with Gasteiger partial charge >= 0.3 is 0 Å². The van der Waals surface area contributed by atoms with Crippen LogP contribution in [-0.4, -0.2) is 68.5 Å². The standard InChI is InChI=1S/C74H143N2O6P/c1-6-8-10-12-14-16-18-20-22-24-26-28-30-31-32-33-34-35-36-37-38-39-40-41-42-43-44-45-46-48-50-52-54-56-58-60-62-64-66-68-74(78)75-72(71-82-83(79,80)81-70-69-76(3,4)5)73(77)67-65-63-61-59-57-55-53-51-49-47-29-27-25-23-21-19-17-15-13-11-9-7-2/h18,20,24,26,57,59,65,67,72-73,77H,6-17,19,21-23,25,27-56,58,60-64,66,68-71H2,1-5H3,(H-,75,78,79,80)/b20-18-,26-24-,59-57+,67-65+. The molecule has 0 heterocycles. The van der Waals surface area contributed by atoms with E-state index in [1.165, 1.54) is 302 Å². The quantitative estimate of drug-likeness (QED) is 0.0272. The van der Waals surface area contributed by atoms with E-state index in [0.717, 1.165) is 44.9 Å². The molecule has 0 rings (SSSR count). The van der Waals surface area contributed by atoms with Crippen molar-refractivity contribution in [2.24, 2.45) is 0 Å². The first-order valence-electron chi connectivity index (χ1n) is 36.5. The van der Waals surface area contributed by atoms with Gasteiger partial charge in [0.1, 0.15) is 13.2 Å². The molecular weight excluding hydrogens is 1040 g/mol. The predicted molar refractivity (Wildman–Crippen MR) is 362 cm³/mol. The maximum Gasteiger partial charge on any atom is 0.268 e. The molecule has 0 radical (unpaired) electrons. The maximum absolute atomic E-state index is 13.0. The van der Waals surface area contributed by atoms with Crippen LogP contribution in [0.1, 0.15) is 367 Å². The Balaban J connectivity index is 3.96. The Labute approximate surface area is 518 Å². The summed E-state index contributed by atoms with van der Waals surface area (Å²) in [4.78, 5) is 25.6. The summed E-state index contributed by atoms with van der Waals surface area (Å²) in [5.41, 5.74) is 0. The lowest BCUT2D eigenvalue weighted by atomic mass is 10.0. The molecule has 2 N–H and O–H groups in total. The summed E-state index contributed by atoms with van der Waals surface area (Å²) in [5.74, 6) is -0.200. The number of rotatable bonds is 68. The second-order valence-electron chi connectivity index (χ2n) is 26.3. The first kappa shape index (κ1) is 81.5. The van der Waals surface area contributed by atoms with Crippen molar-refractivity contribution in [2.75, 3.05) is 40.9 Å². The molecule has 1 amide bonds. The van der Waals surface area contributed by atoms with Crippen molar-refractivity contribution in [3.8, 4) is 0 Å². The molecule has 0 aromatic heterocycles. The summed E-state index contributed by atoms with van der Waals surface area (Å²) in [6.45, 7) is 4.67. The molecule has 0 aliphatic heterocycles. The highest BCUT2D eigenvalue weighted by Gasteiger charge is 2.23. The zero-order valence-corrected chi connectivity index (χ0v) is 57.1. The van der Waals surface area contributed by atoms with Crippen LogP contribution in [-0.2, 0) is 18.4 Å². The summed E-state index contributed by atoms with van der Waals surface area (Å²) in [5, 5.41) is 13.9. The molecule has 0 aliphatic carbocycles. The molecule has 8 nitrogen and oxygen atoms in total. The zero-order valence-electron chi connectivity index (χ0n) is 56.2. The molecule has 0 bridgehead atoms. The van der Waals surface area contributed by atoms with Crippen molar-refractivity contribution in [2.45, 2.75) is 379 Å². The Kier molecular flexibility index (Phi) is 63.7. The third-order valence-electron chi connectivity index (χ3n) is 16.8. The number of quaternary nitrogens is 1. The number of aliphatic hydroxyl groups is 1. The average molecular weight is 1190 g/mol. The van der Waals surface area contributed by atoms with Crippen molar-refractivity contribution >= 4 is 13.7 Å². The number of nitrogens with zero attached hydrogens (tertiary/aromatic N) is 1. The van der Waals surface area contributed by atoms with Crippen LogP contribution in [0.4, 0.5) is 0 Å². The SMILES string of the molecule is CCCCCCC/C=C\C/C=C\CCCCCCCCCCCCCCCCCCCCCCCCCCCCCC(=O)NC(COP(=O)([O-])OCC[N+](C)(C)C)C(O)/C=C/CC/C=C/CCCCCCCCCCCCCCCCCC. The van der Waals surface area contributed by atoms with Crippen LogP contribution in [0, 0.1) is 0 Å². The molecule has 9 heteroatoms. The molecular formula is C74H143N2O6P. The highest BCUT2D eigenvalue weighted by Crippen LogP contribution is 2.38. The van der Waals surface area contributed by atoms with Gasteiger partial charge in [-0.15, -0.1) is 0 Å². The second kappa shape index (κ2) is 64.9. The summed E-state index contributed by atoms with van der Waals surface area (Å²) in [6, 6.07) is -0.903. The van der Waals surface area contributed by atoms with Crippen LogP contribution in [0.25, 0.3) is 0 Å². The highest BCUT2D eigenvalue weighted by molar-refractivity contribution is 7.45. The van der Waals surface area contributed by atoms with E-state index in [2.05, 4.69) is 55.6 Å². The van der Waals surface area contributed by atoms with Gasteiger partial charge in [0.2, 0.25) is 5.91 Å². The van der Waals surface area contributed by atoms with Gasteiger partial charge < -0.3 is 28.8 Å². The lowest BCUT2D eigenvalue weighted by Crippen LogP contribution is -2.45. The van der Waals surface area contributed by atoms with Crippen molar-refractivity contribution in [1.29, 1.82) is 0 Å². The number of carbonyl (C=O) groups is 1. The van der Waals surface area contributed by atoms with Crippen LogP contribution in [0.3, 0.4) is 0 Å². The van der Waals surface area contributed by atoms with Gasteiger partial charge in [-0.1, -0.05) is 345 Å². The predicted octanol–water partition coefficient (Wildman–Crippen LogP) is 22.8. The van der Waals surface area contributed by atoms with Crippen molar-refractivity contribution in [1.82, 2.24) is 5.32 Å². The van der Waals surface area contributed by atoms with Gasteiger partial charge in [-0.05, 0) is 64.2 Å². The molecule has 0 aromatic rings. The number of unbranched alkanes of at least 4 members (excludes halogenated alkanes) is 49. The number of likely N-dealkylation sites (N-methyl/N-ethyl adjacent to an activating group) is 1. The third kappa shape index (κ3) is 67.8. The Hall–Kier alpha value is -1.54. The molecule has 83 heavy (non-hydrogen) atoms. The summed E-state index contributed by atoms with van der Waals surface area (Å²) in [7, 11) is 1.26. The van der Waals surface area contributed by atoms with Gasteiger partial charge in [-0.2, -0.15) is 0 Å². The molecule has 0 fully saturated rings. The number of nitrogens with one attached hydrogen (secondary N) is 1. The number of aliphatic hydroxyl groups excluding tert-OH is 1. The number of phosphoric ester groups is 1. The van der Waals surface area contributed by atoms with E-state index in [4.69, 9.17) is 9.05 Å². The Bertz CT molecular complexity index is 1490. The van der Waals surface area contributed by atoms with Gasteiger partial charge in [-0.3, -0.25) is 9.36 Å². The van der Waals surface area contributed by atoms with Gasteiger partial charge in [-0.25, -0.2) is 0 Å². The van der Waals surface area contributed by atoms with Crippen LogP contribution < -0.4 is 10.2 Å². The summed E-state index contributed by atoms with van der Waals surface area (Å²) < 4.78 is 23.4. The van der Waals surface area contributed by atoms with Crippen molar-refractivity contribution < 1.29 is 32.9 Å². The molecule has 3 atom stereocenters. The summed E-state index contributed by atoms with van der Waals surface area (Å²) >= 11 is 0. The molecule has 0 saturated carbocycles. The average Bonchev–Trinajstić information content (AvgIpc) is 3.50. The van der Waals surface area contributed by atoms with Gasteiger partial charge in [0, 0.05) is 6.42 Å². The van der Waals surface area contributed by atoms with E-state index in [-0.39, 0.29) is 19.1 Å². The number of hydrogen-bond acceptors (Lipinski definition) is 6. The number of amides is 1. The summed E-state index contributed by atoms with van der Waals surface area (Å²) in [6.07, 6.45) is 88.3. The first-order valence-corrected chi connectivity index (χ1v) is 38.0. The fourth-order valence-corrected chi connectivity index (χ4v) is 11.8. The zero-order chi connectivity index (χ0) is 60.5. The van der Waals surface area contributed by atoms with Crippen LogP contribution in [0.15, 0.2) is 48.6 Å². The Morgan fingerprint density at radius 3 is 1.05 bits per heavy atom. The third-order valence-corrected chi connectivity index (χ3v) is 17.7. The van der Waals surface area contributed by atoms with E-state index in [9.17, 15) is 19.4 Å². The molecule has 0 aliphatic rings. The van der Waals surface area contributed by atoms with Crippen LogP contribution >= 0.6 is 7.82 Å². The highest BCUT2D eigenvalue weighted by atomic mass is 31.2. The largest absolute Gasteiger partial charge is 0.756 e. The van der Waals surface area contributed by atoms with Gasteiger partial charge in [0.05, 0.1) is 39.9 Å². The minimum atomic E-state index is -4.61. The number of phosphoric acid groups is 1. The van der Waals surface area contributed by atoms with E-state index in [1.54, 1.807) is 6.08 Å². The first-order chi connectivity index (χ1) is 40.5. The molecule has 0 saturated heterocycles. The van der Waals surface area contributed by atoms with E-state index < -0.39 is 20.0 Å². The second-order valence-corrected chi connectivity index (χ2v) is 27.7. The van der Waals surface area contributed by atoms with Crippen molar-refractivity contribution in [3.63, 3.8) is 0 Å². The van der Waals surface area contributed by atoms with Gasteiger partial charge in [0.25, 0.3) is 7.82 Å². The molecule has 3 unspecified atom stereocenters. The fourth-order valence-electron chi connectivity index (χ4n) is 11.1. The molecule has 0 spiro atoms. The number of allylic oxidation sites excluding steroid dienone is 7. The monoisotopic (exact) mass is 1190 g/mol. The van der Waals surface area contributed by atoms with E-state index >= 15 is 0 Å². The minimum Gasteiger partial charge on any atom is -0.756 e. The lowest BCUT2D eigenvalue weighted by molar-refractivity contribution is -0.870. The minimum absolute atomic E-state index is 0.00469. The lowest BCUT2D eigenvalue weighted by Gasteiger charge is -2.29. The number of carbonyl (C=O) groups excluding carboxylic acids is 1. The van der Waals surface area contributed by atoms with Crippen molar-refractivity contribution in [3.05, 3.63) is 48.6 Å².